The zero-order chi connectivity index (χ0) is 20.2. The van der Waals surface area contributed by atoms with Crippen molar-refractivity contribution < 1.29 is 0 Å². The molecule has 0 spiro atoms. The number of fused-ring (bicyclic) bond motifs is 1. The van der Waals surface area contributed by atoms with Crippen molar-refractivity contribution in [2.24, 2.45) is 10.2 Å². The van der Waals surface area contributed by atoms with E-state index in [1.54, 1.807) is 22.7 Å². The van der Waals surface area contributed by atoms with Crippen LogP contribution in [0.25, 0.3) is 20.1 Å². The largest absolute Gasteiger partial charge is 0.378 e. The first kappa shape index (κ1) is 19.7. The first-order chi connectivity index (χ1) is 14.1. The number of unbranched alkanes of at least 4 members (excludes halogenated alkanes) is 1. The molecule has 0 unspecified atom stereocenters. The summed E-state index contributed by atoms with van der Waals surface area (Å²) in [5.74, 6) is 0. The maximum atomic E-state index is 4.80. The Morgan fingerprint density at radius 3 is 2.34 bits per heavy atom. The molecule has 6 heteroatoms. The molecule has 0 aliphatic rings. The normalized spacial score (nSPS) is 11.6. The fraction of sp³-hybridized carbons (Fsp3) is 0.261. The van der Waals surface area contributed by atoms with Crippen molar-refractivity contribution >= 4 is 48.6 Å². The summed E-state index contributed by atoms with van der Waals surface area (Å²) in [6.07, 6.45) is 3.57. The van der Waals surface area contributed by atoms with E-state index in [0.29, 0.717) is 0 Å². The first-order valence-corrected chi connectivity index (χ1v) is 11.4. The standard InChI is InChI=1S/C23H24N4S2/c1-4-5-6-16-7-11-18(12-8-16)25-26-21-15-20-23(29-21)24-22(28-20)17-9-13-19(14-10-17)27(2)3/h7-15H,4-6H2,1-3H3. The molecular weight excluding hydrogens is 396 g/mol. The van der Waals surface area contributed by atoms with Crippen LogP contribution in [0.15, 0.2) is 64.8 Å². The molecule has 0 saturated heterocycles. The Bertz CT molecular complexity index is 1070. The molecule has 2 aromatic heterocycles. The third kappa shape index (κ3) is 4.71. The average molecular weight is 421 g/mol. The summed E-state index contributed by atoms with van der Waals surface area (Å²) in [7, 11) is 4.09. The summed E-state index contributed by atoms with van der Waals surface area (Å²) >= 11 is 3.29. The van der Waals surface area contributed by atoms with Crippen molar-refractivity contribution in [3.05, 3.63) is 60.2 Å². The maximum Gasteiger partial charge on any atom is 0.142 e. The molecular formula is C23H24N4S2. The molecule has 0 saturated carbocycles. The molecule has 148 valence electrons. The maximum absolute atomic E-state index is 4.80. The minimum Gasteiger partial charge on any atom is -0.378 e. The summed E-state index contributed by atoms with van der Waals surface area (Å²) in [4.78, 5) is 7.91. The number of thiazole rings is 1. The van der Waals surface area contributed by atoms with Gasteiger partial charge in [0.1, 0.15) is 14.8 Å². The van der Waals surface area contributed by atoms with E-state index >= 15 is 0 Å². The number of hydrogen-bond acceptors (Lipinski definition) is 6. The highest BCUT2D eigenvalue weighted by Gasteiger charge is 2.10. The van der Waals surface area contributed by atoms with Gasteiger partial charge in [0.15, 0.2) is 0 Å². The summed E-state index contributed by atoms with van der Waals surface area (Å²) in [6.45, 7) is 2.22. The van der Waals surface area contributed by atoms with Crippen LogP contribution in [0.4, 0.5) is 16.4 Å². The van der Waals surface area contributed by atoms with Gasteiger partial charge in [0, 0.05) is 25.3 Å². The zero-order valence-electron chi connectivity index (χ0n) is 16.9. The third-order valence-corrected chi connectivity index (χ3v) is 6.82. The van der Waals surface area contributed by atoms with Crippen molar-refractivity contribution in [3.63, 3.8) is 0 Å². The van der Waals surface area contributed by atoms with Crippen LogP contribution in [0.3, 0.4) is 0 Å². The second kappa shape index (κ2) is 8.84. The number of aryl methyl sites for hydroxylation is 1. The van der Waals surface area contributed by atoms with Gasteiger partial charge in [-0.1, -0.05) is 36.8 Å². The average Bonchev–Trinajstić information content (AvgIpc) is 3.30. The molecule has 0 fully saturated rings. The third-order valence-electron chi connectivity index (χ3n) is 4.73. The molecule has 0 aliphatic carbocycles. The van der Waals surface area contributed by atoms with Crippen molar-refractivity contribution in [2.75, 3.05) is 19.0 Å². The van der Waals surface area contributed by atoms with Crippen LogP contribution in [-0.2, 0) is 6.42 Å². The predicted molar refractivity (Wildman–Crippen MR) is 126 cm³/mol. The van der Waals surface area contributed by atoms with E-state index in [4.69, 9.17) is 4.98 Å². The zero-order valence-corrected chi connectivity index (χ0v) is 18.6. The lowest BCUT2D eigenvalue weighted by molar-refractivity contribution is 0.795. The van der Waals surface area contributed by atoms with E-state index in [9.17, 15) is 0 Å². The van der Waals surface area contributed by atoms with Gasteiger partial charge in [0.05, 0.1) is 10.4 Å². The van der Waals surface area contributed by atoms with Gasteiger partial charge in [-0.2, -0.15) is 0 Å². The van der Waals surface area contributed by atoms with Crippen molar-refractivity contribution in [2.45, 2.75) is 26.2 Å². The highest BCUT2D eigenvalue weighted by Crippen LogP contribution is 2.39. The second-order valence-electron chi connectivity index (χ2n) is 7.18. The number of rotatable bonds is 7. The van der Waals surface area contributed by atoms with Gasteiger partial charge in [0.2, 0.25) is 0 Å². The Hall–Kier alpha value is -2.57. The smallest absolute Gasteiger partial charge is 0.142 e. The highest BCUT2D eigenvalue weighted by atomic mass is 32.1. The second-order valence-corrected chi connectivity index (χ2v) is 9.22. The summed E-state index contributed by atoms with van der Waals surface area (Å²) in [5, 5.41) is 10.7. The topological polar surface area (TPSA) is 40.9 Å². The van der Waals surface area contributed by atoms with Gasteiger partial charge in [0.25, 0.3) is 0 Å². The van der Waals surface area contributed by atoms with E-state index in [2.05, 4.69) is 64.5 Å². The molecule has 0 atom stereocenters. The van der Waals surface area contributed by atoms with Crippen molar-refractivity contribution in [1.29, 1.82) is 0 Å². The quantitative estimate of drug-likeness (QED) is 0.286. The molecule has 4 nitrogen and oxygen atoms in total. The van der Waals surface area contributed by atoms with Gasteiger partial charge < -0.3 is 4.90 Å². The Kier molecular flexibility index (Phi) is 6.02. The van der Waals surface area contributed by atoms with Gasteiger partial charge in [-0.15, -0.1) is 21.6 Å². The number of hydrogen-bond donors (Lipinski definition) is 0. The Labute approximate surface area is 179 Å². The molecule has 4 rings (SSSR count). The summed E-state index contributed by atoms with van der Waals surface area (Å²) < 4.78 is 1.16. The minimum absolute atomic E-state index is 0.886. The highest BCUT2D eigenvalue weighted by molar-refractivity contribution is 7.30. The van der Waals surface area contributed by atoms with Crippen LogP contribution in [0.1, 0.15) is 25.3 Å². The van der Waals surface area contributed by atoms with Gasteiger partial charge in [-0.3, -0.25) is 0 Å². The number of nitrogens with zero attached hydrogens (tertiary/aromatic N) is 4. The Balaban J connectivity index is 1.47. The number of thiophene rings is 1. The Morgan fingerprint density at radius 2 is 1.69 bits per heavy atom. The predicted octanol–water partition coefficient (Wildman–Crippen LogP) is 7.85. The molecule has 0 aliphatic heterocycles. The number of aromatic nitrogens is 1. The van der Waals surface area contributed by atoms with E-state index in [0.717, 1.165) is 37.2 Å². The van der Waals surface area contributed by atoms with Crippen LogP contribution < -0.4 is 4.90 Å². The molecule has 4 aromatic rings. The van der Waals surface area contributed by atoms with E-state index in [1.165, 1.54) is 24.1 Å². The van der Waals surface area contributed by atoms with Crippen LogP contribution in [0.5, 0.6) is 0 Å². The lowest BCUT2D eigenvalue weighted by Crippen LogP contribution is -2.07. The SMILES string of the molecule is CCCCc1ccc(N=Nc2cc3sc(-c4ccc(N(C)C)cc4)nc3s2)cc1. The molecule has 2 heterocycles. The van der Waals surface area contributed by atoms with Crippen LogP contribution in [0, 0.1) is 0 Å². The molecule has 2 aromatic carbocycles. The molecule has 0 N–H and O–H groups in total. The minimum atomic E-state index is 0.886. The van der Waals surface area contributed by atoms with Gasteiger partial charge in [-0.25, -0.2) is 4.98 Å². The number of benzene rings is 2. The lowest BCUT2D eigenvalue weighted by atomic mass is 10.1. The fourth-order valence-corrected chi connectivity index (χ4v) is 5.05. The first-order valence-electron chi connectivity index (χ1n) is 9.81. The summed E-state index contributed by atoms with van der Waals surface area (Å²) in [5.41, 5.74) is 4.58. The van der Waals surface area contributed by atoms with Crippen molar-refractivity contribution in [3.8, 4) is 10.6 Å². The van der Waals surface area contributed by atoms with E-state index in [-0.39, 0.29) is 0 Å². The number of azo groups is 1. The number of anilines is 1. The van der Waals surface area contributed by atoms with Gasteiger partial charge in [-0.05, 0) is 60.9 Å². The molecule has 29 heavy (non-hydrogen) atoms. The van der Waals surface area contributed by atoms with Crippen LogP contribution in [-0.4, -0.2) is 19.1 Å². The van der Waals surface area contributed by atoms with Crippen LogP contribution in [0.2, 0.25) is 0 Å². The van der Waals surface area contributed by atoms with E-state index in [1.807, 2.05) is 26.2 Å². The fourth-order valence-electron chi connectivity index (χ4n) is 3.02. The van der Waals surface area contributed by atoms with Crippen molar-refractivity contribution in [1.82, 2.24) is 4.98 Å². The lowest BCUT2D eigenvalue weighted by Gasteiger charge is -2.11. The van der Waals surface area contributed by atoms with Gasteiger partial charge >= 0.3 is 0 Å². The monoisotopic (exact) mass is 420 g/mol. The summed E-state index contributed by atoms with van der Waals surface area (Å²) in [6, 6.07) is 18.9. The molecule has 0 radical (unpaired) electrons. The molecule has 0 bridgehead atoms. The Morgan fingerprint density at radius 1 is 0.931 bits per heavy atom. The molecule has 0 amide bonds. The van der Waals surface area contributed by atoms with E-state index < -0.39 is 0 Å². The van der Waals surface area contributed by atoms with Crippen LogP contribution >= 0.6 is 22.7 Å².